The summed E-state index contributed by atoms with van der Waals surface area (Å²) in [5.74, 6) is 2.08. The van der Waals surface area contributed by atoms with Crippen LogP contribution < -0.4 is 10.6 Å². The van der Waals surface area contributed by atoms with Gasteiger partial charge in [-0.25, -0.2) is 19.3 Å². The highest BCUT2D eigenvalue weighted by Gasteiger charge is 2.33. The third kappa shape index (κ3) is 4.40. The number of pyridine rings is 3. The van der Waals surface area contributed by atoms with Crippen LogP contribution in [-0.4, -0.2) is 49.5 Å². The molecule has 0 amide bonds. The summed E-state index contributed by atoms with van der Waals surface area (Å²) in [5.41, 5.74) is 4.51. The summed E-state index contributed by atoms with van der Waals surface area (Å²) in [6.45, 7) is 7.54. The highest BCUT2D eigenvalue weighted by atomic mass is 19.1. The van der Waals surface area contributed by atoms with E-state index in [9.17, 15) is 4.39 Å². The monoisotopic (exact) mass is 522 g/mol. The Morgan fingerprint density at radius 2 is 1.97 bits per heavy atom. The molecule has 5 aromatic rings. The number of piperidine rings is 1. The molecule has 39 heavy (non-hydrogen) atoms. The SMILES string of the molecule is CC1(C)CNCCC1CNc1nc(-c2ccnc3[nH]c(-c4ncccc4F)cc23)nc2cncc(C3CC3)c12. The molecule has 198 valence electrons. The van der Waals surface area contributed by atoms with E-state index in [1.807, 2.05) is 24.5 Å². The number of hydrogen-bond acceptors (Lipinski definition) is 7. The van der Waals surface area contributed by atoms with Gasteiger partial charge in [0.15, 0.2) is 11.6 Å². The second-order valence-corrected chi connectivity index (χ2v) is 11.5. The summed E-state index contributed by atoms with van der Waals surface area (Å²) in [6, 6.07) is 6.77. The van der Waals surface area contributed by atoms with Crippen LogP contribution >= 0.6 is 0 Å². The predicted molar refractivity (Wildman–Crippen MR) is 151 cm³/mol. The largest absolute Gasteiger partial charge is 0.369 e. The van der Waals surface area contributed by atoms with Crippen LogP contribution in [0, 0.1) is 17.2 Å². The van der Waals surface area contributed by atoms with Crippen molar-refractivity contribution in [2.75, 3.05) is 25.0 Å². The molecule has 1 saturated carbocycles. The highest BCUT2D eigenvalue weighted by Crippen LogP contribution is 2.44. The van der Waals surface area contributed by atoms with Gasteiger partial charge in [-0.3, -0.25) is 9.97 Å². The third-order valence-corrected chi connectivity index (χ3v) is 8.31. The molecule has 1 aliphatic heterocycles. The van der Waals surface area contributed by atoms with Crippen molar-refractivity contribution in [2.24, 2.45) is 11.3 Å². The quantitative estimate of drug-likeness (QED) is 0.263. The van der Waals surface area contributed by atoms with Gasteiger partial charge in [-0.05, 0) is 72.9 Å². The Labute approximate surface area is 225 Å². The molecule has 7 rings (SSSR count). The number of fused-ring (bicyclic) bond motifs is 2. The topological polar surface area (TPSA) is 104 Å². The molecule has 1 saturated heterocycles. The van der Waals surface area contributed by atoms with Crippen LogP contribution in [0.5, 0.6) is 0 Å². The number of halogens is 1. The lowest BCUT2D eigenvalue weighted by molar-refractivity contribution is 0.166. The van der Waals surface area contributed by atoms with Crippen LogP contribution in [0.4, 0.5) is 10.2 Å². The Kier molecular flexibility index (Phi) is 5.77. The normalized spacial score (nSPS) is 19.0. The van der Waals surface area contributed by atoms with Crippen LogP contribution in [0.1, 0.15) is 44.6 Å². The summed E-state index contributed by atoms with van der Waals surface area (Å²) in [7, 11) is 0. The fourth-order valence-corrected chi connectivity index (χ4v) is 5.81. The number of hydrogen-bond donors (Lipinski definition) is 3. The van der Waals surface area contributed by atoms with E-state index >= 15 is 0 Å². The van der Waals surface area contributed by atoms with Gasteiger partial charge in [-0.1, -0.05) is 13.8 Å². The summed E-state index contributed by atoms with van der Waals surface area (Å²) >= 11 is 0. The molecule has 1 atom stereocenters. The van der Waals surface area contributed by atoms with Gasteiger partial charge >= 0.3 is 0 Å². The molecule has 1 aliphatic carbocycles. The van der Waals surface area contributed by atoms with Gasteiger partial charge < -0.3 is 15.6 Å². The summed E-state index contributed by atoms with van der Waals surface area (Å²) < 4.78 is 14.5. The Balaban J connectivity index is 1.34. The summed E-state index contributed by atoms with van der Waals surface area (Å²) in [6.07, 6.45) is 10.6. The average Bonchev–Trinajstić information content (AvgIpc) is 3.69. The van der Waals surface area contributed by atoms with Crippen molar-refractivity contribution in [3.63, 3.8) is 0 Å². The first-order chi connectivity index (χ1) is 19.0. The van der Waals surface area contributed by atoms with Crippen LogP contribution in [0.3, 0.4) is 0 Å². The van der Waals surface area contributed by atoms with Crippen molar-refractivity contribution in [3.05, 3.63) is 60.4 Å². The summed E-state index contributed by atoms with van der Waals surface area (Å²) in [4.78, 5) is 26.6. The van der Waals surface area contributed by atoms with E-state index in [4.69, 9.17) is 9.97 Å². The molecule has 5 aromatic heterocycles. The number of rotatable bonds is 6. The first kappa shape index (κ1) is 24.1. The lowest BCUT2D eigenvalue weighted by atomic mass is 9.74. The Bertz CT molecular complexity index is 1690. The van der Waals surface area contributed by atoms with E-state index in [1.165, 1.54) is 24.5 Å². The molecule has 3 N–H and O–H groups in total. The predicted octanol–water partition coefficient (Wildman–Crippen LogP) is 5.69. The second kappa shape index (κ2) is 9.34. The van der Waals surface area contributed by atoms with E-state index in [0.717, 1.165) is 53.7 Å². The van der Waals surface area contributed by atoms with E-state index in [1.54, 1.807) is 18.5 Å². The van der Waals surface area contributed by atoms with Crippen LogP contribution in [-0.2, 0) is 0 Å². The number of aromatic nitrogens is 6. The molecule has 9 heteroatoms. The van der Waals surface area contributed by atoms with Crippen molar-refractivity contribution in [1.29, 1.82) is 0 Å². The van der Waals surface area contributed by atoms with Gasteiger partial charge in [0.1, 0.15) is 17.2 Å². The van der Waals surface area contributed by atoms with E-state index in [-0.39, 0.29) is 11.1 Å². The van der Waals surface area contributed by atoms with Crippen LogP contribution in [0.25, 0.3) is 44.7 Å². The molecule has 0 bridgehead atoms. The van der Waals surface area contributed by atoms with E-state index in [2.05, 4.69) is 44.4 Å². The average molecular weight is 523 g/mol. The molecule has 1 unspecified atom stereocenters. The van der Waals surface area contributed by atoms with Crippen molar-refractivity contribution >= 4 is 27.8 Å². The molecular weight excluding hydrogens is 491 g/mol. The fraction of sp³-hybridized carbons (Fsp3) is 0.367. The molecule has 2 fully saturated rings. The lowest BCUT2D eigenvalue weighted by Gasteiger charge is -2.39. The van der Waals surface area contributed by atoms with Crippen LogP contribution in [0.15, 0.2) is 49.1 Å². The lowest BCUT2D eigenvalue weighted by Crippen LogP contribution is -2.45. The van der Waals surface area contributed by atoms with Crippen molar-refractivity contribution in [2.45, 2.75) is 39.0 Å². The van der Waals surface area contributed by atoms with Gasteiger partial charge in [0.2, 0.25) is 0 Å². The van der Waals surface area contributed by atoms with Crippen molar-refractivity contribution in [3.8, 4) is 22.8 Å². The van der Waals surface area contributed by atoms with Crippen molar-refractivity contribution < 1.29 is 4.39 Å². The first-order valence-corrected chi connectivity index (χ1v) is 13.7. The maximum atomic E-state index is 14.5. The highest BCUT2D eigenvalue weighted by molar-refractivity contribution is 5.98. The fourth-order valence-electron chi connectivity index (χ4n) is 5.81. The minimum absolute atomic E-state index is 0.192. The molecule has 6 heterocycles. The first-order valence-electron chi connectivity index (χ1n) is 13.7. The van der Waals surface area contributed by atoms with Gasteiger partial charge in [0.25, 0.3) is 0 Å². The molecule has 0 spiro atoms. The van der Waals surface area contributed by atoms with Gasteiger partial charge in [0, 0.05) is 48.0 Å². The zero-order valence-corrected chi connectivity index (χ0v) is 22.1. The Hall–Kier alpha value is -3.98. The number of anilines is 1. The second-order valence-electron chi connectivity index (χ2n) is 11.5. The molecule has 2 aliphatic rings. The Morgan fingerprint density at radius 1 is 1.08 bits per heavy atom. The third-order valence-electron chi connectivity index (χ3n) is 8.31. The molecule has 0 aromatic carbocycles. The van der Waals surface area contributed by atoms with E-state index < -0.39 is 5.82 Å². The van der Waals surface area contributed by atoms with E-state index in [0.29, 0.717) is 29.0 Å². The smallest absolute Gasteiger partial charge is 0.163 e. The zero-order chi connectivity index (χ0) is 26.6. The van der Waals surface area contributed by atoms with Gasteiger partial charge in [-0.2, -0.15) is 0 Å². The summed E-state index contributed by atoms with van der Waals surface area (Å²) in [5, 5.41) is 9.16. The van der Waals surface area contributed by atoms with Gasteiger partial charge in [-0.15, -0.1) is 0 Å². The minimum atomic E-state index is -0.390. The number of nitrogens with zero attached hydrogens (tertiary/aromatic N) is 5. The number of aromatic amines is 1. The Morgan fingerprint density at radius 3 is 2.79 bits per heavy atom. The molecular formula is C30H31FN8. The maximum absolute atomic E-state index is 14.5. The minimum Gasteiger partial charge on any atom is -0.369 e. The standard InChI is InChI=1S/C30H31FN8/c1-30(2)16-32-10-7-18(30)13-36-29-25-21(17-5-6-17)14-33-15-24(25)38-28(39-29)19-8-11-35-27-20(19)12-23(37-27)26-22(31)4-3-9-34-26/h3-4,8-9,11-12,14-15,17-18,32H,5-7,10,13,16H2,1-2H3,(H,35,37)(H,36,38,39). The molecule has 0 radical (unpaired) electrons. The maximum Gasteiger partial charge on any atom is 0.163 e. The van der Waals surface area contributed by atoms with Gasteiger partial charge in [0.05, 0.1) is 17.4 Å². The number of H-pyrrole nitrogens is 1. The van der Waals surface area contributed by atoms with Crippen LogP contribution in [0.2, 0.25) is 0 Å². The molecule has 8 nitrogen and oxygen atoms in total. The number of nitrogens with one attached hydrogen (secondary N) is 3. The van der Waals surface area contributed by atoms with Crippen molar-refractivity contribution in [1.82, 2.24) is 35.2 Å². The zero-order valence-electron chi connectivity index (χ0n) is 22.1.